The van der Waals surface area contributed by atoms with Crippen molar-refractivity contribution in [1.29, 1.82) is 0 Å². The van der Waals surface area contributed by atoms with Crippen LogP contribution in [0.1, 0.15) is 65.6 Å². The minimum Gasteiger partial charge on any atom is -0.493 e. The van der Waals surface area contributed by atoms with Crippen molar-refractivity contribution in [2.24, 2.45) is 4.99 Å². The van der Waals surface area contributed by atoms with Crippen LogP contribution in [0.4, 0.5) is 0 Å². The van der Waals surface area contributed by atoms with Crippen LogP contribution in [0, 0.1) is 0 Å². The van der Waals surface area contributed by atoms with E-state index in [4.69, 9.17) is 14.5 Å². The molecule has 5 rings (SSSR count). The second-order valence-electron chi connectivity index (χ2n) is 9.66. The topological polar surface area (TPSA) is 54.4 Å². The number of amides is 1. The zero-order valence-electron chi connectivity index (χ0n) is 20.5. The van der Waals surface area contributed by atoms with Gasteiger partial charge in [0, 0.05) is 42.2 Å². The van der Waals surface area contributed by atoms with Crippen molar-refractivity contribution < 1.29 is 14.3 Å². The van der Waals surface area contributed by atoms with E-state index in [2.05, 4.69) is 36.2 Å². The molecule has 0 bridgehead atoms. The van der Waals surface area contributed by atoms with Crippen LogP contribution in [0.2, 0.25) is 0 Å². The highest BCUT2D eigenvalue weighted by atomic mass is 16.5. The summed E-state index contributed by atoms with van der Waals surface area (Å²) in [5, 5.41) is 0. The molecular weight excluding hydrogens is 426 g/mol. The second kappa shape index (κ2) is 9.79. The molecular formula is C28H35N3O3. The van der Waals surface area contributed by atoms with E-state index in [9.17, 15) is 4.79 Å². The Kier molecular flexibility index (Phi) is 6.59. The summed E-state index contributed by atoms with van der Waals surface area (Å²) >= 11 is 0. The number of carbonyl (C=O) groups is 1. The molecule has 2 fully saturated rings. The molecule has 6 nitrogen and oxygen atoms in total. The van der Waals surface area contributed by atoms with Gasteiger partial charge in [-0.05, 0) is 76.0 Å². The largest absolute Gasteiger partial charge is 0.493 e. The third kappa shape index (κ3) is 4.31. The van der Waals surface area contributed by atoms with Gasteiger partial charge in [-0.1, -0.05) is 12.1 Å². The standard InChI is InChI=1S/C28H35N3O3/c1-4-34-26-16-21-22(17-25(26)33-3)27(29-24-12-15-30(2)18-23(21)24)19-8-10-20(11-9-19)28(32)31-13-6-5-7-14-31/h8-11,16-17,23-24H,4-7,12-15,18H2,1-3H3/t23-,24-/m1/s1. The third-order valence-corrected chi connectivity index (χ3v) is 7.41. The number of piperidine rings is 2. The van der Waals surface area contributed by atoms with Gasteiger partial charge in [0.15, 0.2) is 11.5 Å². The van der Waals surface area contributed by atoms with E-state index in [1.54, 1.807) is 7.11 Å². The minimum absolute atomic E-state index is 0.135. The molecule has 2 aromatic carbocycles. The van der Waals surface area contributed by atoms with Crippen LogP contribution in [0.5, 0.6) is 11.5 Å². The van der Waals surface area contributed by atoms with Gasteiger partial charge >= 0.3 is 0 Å². The lowest BCUT2D eigenvalue weighted by Gasteiger charge is -2.39. The van der Waals surface area contributed by atoms with Crippen molar-refractivity contribution in [3.63, 3.8) is 0 Å². The molecule has 1 amide bonds. The summed E-state index contributed by atoms with van der Waals surface area (Å²) in [7, 11) is 3.86. The Bertz CT molecular complexity index is 1070. The minimum atomic E-state index is 0.135. The lowest BCUT2D eigenvalue weighted by molar-refractivity contribution is 0.0724. The number of methoxy groups -OCH3 is 1. The van der Waals surface area contributed by atoms with E-state index in [0.29, 0.717) is 12.5 Å². The van der Waals surface area contributed by atoms with Crippen LogP contribution in [0.25, 0.3) is 0 Å². The molecule has 3 aliphatic rings. The fourth-order valence-corrected chi connectivity index (χ4v) is 5.59. The van der Waals surface area contributed by atoms with Gasteiger partial charge in [0.25, 0.3) is 5.91 Å². The van der Waals surface area contributed by atoms with Crippen LogP contribution in [0.3, 0.4) is 0 Å². The monoisotopic (exact) mass is 461 g/mol. The number of rotatable bonds is 5. The zero-order valence-corrected chi connectivity index (χ0v) is 20.5. The number of aliphatic imine (C=N–C) groups is 1. The summed E-state index contributed by atoms with van der Waals surface area (Å²) in [4.78, 5) is 22.6. The number of carbonyl (C=O) groups excluding carboxylic acids is 1. The lowest BCUT2D eigenvalue weighted by atomic mass is 9.79. The molecule has 2 aromatic rings. The first-order valence-corrected chi connectivity index (χ1v) is 12.6. The van der Waals surface area contributed by atoms with Gasteiger partial charge < -0.3 is 19.3 Å². The van der Waals surface area contributed by atoms with E-state index in [-0.39, 0.29) is 11.9 Å². The van der Waals surface area contributed by atoms with Crippen LogP contribution in [0.15, 0.2) is 41.4 Å². The summed E-state index contributed by atoms with van der Waals surface area (Å²) in [6.45, 7) is 6.34. The molecule has 2 atom stereocenters. The summed E-state index contributed by atoms with van der Waals surface area (Å²) in [5.41, 5.74) is 5.16. The summed E-state index contributed by atoms with van der Waals surface area (Å²) < 4.78 is 11.6. The average molecular weight is 462 g/mol. The predicted molar refractivity (Wildman–Crippen MR) is 135 cm³/mol. The maximum absolute atomic E-state index is 12.9. The fourth-order valence-electron chi connectivity index (χ4n) is 5.59. The van der Waals surface area contributed by atoms with E-state index in [1.165, 1.54) is 12.0 Å². The maximum Gasteiger partial charge on any atom is 0.253 e. The summed E-state index contributed by atoms with van der Waals surface area (Å²) in [6.07, 6.45) is 4.45. The van der Waals surface area contributed by atoms with Crippen LogP contribution < -0.4 is 9.47 Å². The number of likely N-dealkylation sites (N-methyl/N-ethyl adjacent to an activating group) is 1. The Morgan fingerprint density at radius 1 is 1.06 bits per heavy atom. The molecule has 6 heteroatoms. The first-order chi connectivity index (χ1) is 16.6. The first kappa shape index (κ1) is 22.9. The van der Waals surface area contributed by atoms with Crippen molar-refractivity contribution in [3.8, 4) is 11.5 Å². The number of benzene rings is 2. The maximum atomic E-state index is 12.9. The molecule has 3 aliphatic heterocycles. The Morgan fingerprint density at radius 3 is 2.53 bits per heavy atom. The highest BCUT2D eigenvalue weighted by Gasteiger charge is 2.36. The Balaban J connectivity index is 1.52. The summed E-state index contributed by atoms with van der Waals surface area (Å²) in [6, 6.07) is 12.5. The second-order valence-corrected chi connectivity index (χ2v) is 9.66. The Labute approximate surface area is 202 Å². The number of ether oxygens (including phenoxy) is 2. The summed E-state index contributed by atoms with van der Waals surface area (Å²) in [5.74, 6) is 1.99. The van der Waals surface area contributed by atoms with Gasteiger partial charge in [-0.25, -0.2) is 0 Å². The number of nitrogens with zero attached hydrogens (tertiary/aromatic N) is 3. The van der Waals surface area contributed by atoms with Crippen molar-refractivity contribution >= 4 is 11.6 Å². The van der Waals surface area contributed by atoms with Crippen molar-refractivity contribution in [3.05, 3.63) is 58.7 Å². The molecule has 34 heavy (non-hydrogen) atoms. The SMILES string of the molecule is CCOc1cc2c(cc1OC)C(c1ccc(C(=O)N3CCCCC3)cc1)=N[C@@H]1CCN(C)C[C@H]21. The van der Waals surface area contributed by atoms with Crippen LogP contribution >= 0.6 is 0 Å². The zero-order chi connectivity index (χ0) is 23.7. The van der Waals surface area contributed by atoms with Crippen molar-refractivity contribution in [1.82, 2.24) is 9.80 Å². The number of likely N-dealkylation sites (tertiary alicyclic amines) is 2. The number of fused-ring (bicyclic) bond motifs is 3. The Morgan fingerprint density at radius 2 is 1.82 bits per heavy atom. The fraction of sp³-hybridized carbons (Fsp3) is 0.500. The molecule has 0 radical (unpaired) electrons. The molecule has 2 saturated heterocycles. The van der Waals surface area contributed by atoms with E-state index >= 15 is 0 Å². The molecule has 0 saturated carbocycles. The van der Waals surface area contributed by atoms with Crippen molar-refractivity contribution in [2.45, 2.75) is 44.6 Å². The van der Waals surface area contributed by atoms with Gasteiger partial charge in [0.1, 0.15) is 0 Å². The lowest BCUT2D eigenvalue weighted by Crippen LogP contribution is -2.41. The van der Waals surface area contributed by atoms with E-state index in [1.807, 2.05) is 24.0 Å². The molecule has 0 N–H and O–H groups in total. The normalized spacial score (nSPS) is 22.4. The quantitative estimate of drug-likeness (QED) is 0.664. The van der Waals surface area contributed by atoms with E-state index in [0.717, 1.165) is 79.3 Å². The predicted octanol–water partition coefficient (Wildman–Crippen LogP) is 4.36. The number of hydrogen-bond acceptors (Lipinski definition) is 5. The third-order valence-electron chi connectivity index (χ3n) is 7.41. The van der Waals surface area contributed by atoms with Gasteiger partial charge in [0.05, 0.1) is 25.5 Å². The molecule has 0 unspecified atom stereocenters. The first-order valence-electron chi connectivity index (χ1n) is 12.6. The molecule has 0 spiro atoms. The highest BCUT2D eigenvalue weighted by molar-refractivity contribution is 6.15. The molecule has 0 aliphatic carbocycles. The van der Waals surface area contributed by atoms with Gasteiger partial charge in [-0.3, -0.25) is 9.79 Å². The Hall–Kier alpha value is -2.86. The molecule has 180 valence electrons. The molecule has 0 aromatic heterocycles. The van der Waals surface area contributed by atoms with E-state index < -0.39 is 0 Å². The van der Waals surface area contributed by atoms with Crippen molar-refractivity contribution in [2.75, 3.05) is 46.9 Å². The molecule has 3 heterocycles. The van der Waals surface area contributed by atoms with Gasteiger partial charge in [0.2, 0.25) is 0 Å². The average Bonchev–Trinajstić information content (AvgIpc) is 2.88. The van der Waals surface area contributed by atoms with Gasteiger partial charge in [-0.15, -0.1) is 0 Å². The van der Waals surface area contributed by atoms with Crippen LogP contribution in [-0.2, 0) is 0 Å². The highest BCUT2D eigenvalue weighted by Crippen LogP contribution is 2.42. The van der Waals surface area contributed by atoms with Crippen LogP contribution in [-0.4, -0.2) is 74.4 Å². The van der Waals surface area contributed by atoms with Gasteiger partial charge in [-0.2, -0.15) is 0 Å². The smallest absolute Gasteiger partial charge is 0.253 e. The number of hydrogen-bond donors (Lipinski definition) is 0.